The predicted octanol–water partition coefficient (Wildman–Crippen LogP) is 4.94. The van der Waals surface area contributed by atoms with Crippen LogP contribution in [0.3, 0.4) is 0 Å². The van der Waals surface area contributed by atoms with E-state index in [0.29, 0.717) is 0 Å². The largest absolute Gasteiger partial charge is 0.392 e. The number of hydrogen-bond donors (Lipinski definition) is 1. The zero-order valence-electron chi connectivity index (χ0n) is 11.6. The second-order valence-electron chi connectivity index (χ2n) is 4.82. The molecule has 1 N–H and O–H groups in total. The second kappa shape index (κ2) is 9.90. The van der Waals surface area contributed by atoms with E-state index in [-0.39, 0.29) is 6.61 Å². The molecule has 100 valence electrons. The Morgan fingerprint density at radius 2 is 1.72 bits per heavy atom. The molecule has 0 bridgehead atoms. The normalized spacial score (nSPS) is 11.2. The van der Waals surface area contributed by atoms with Gasteiger partial charge in [-0.1, -0.05) is 75.4 Å². The van der Waals surface area contributed by atoms with Gasteiger partial charge >= 0.3 is 0 Å². The van der Waals surface area contributed by atoms with Crippen molar-refractivity contribution in [2.24, 2.45) is 0 Å². The minimum Gasteiger partial charge on any atom is -0.392 e. The van der Waals surface area contributed by atoms with Crippen LogP contribution in [-0.4, -0.2) is 5.11 Å². The van der Waals surface area contributed by atoms with E-state index in [1.807, 2.05) is 18.2 Å². The summed E-state index contributed by atoms with van der Waals surface area (Å²) in [5.74, 6) is 0. The number of aliphatic hydroxyl groups excluding tert-OH is 1. The van der Waals surface area contributed by atoms with Crippen LogP contribution in [0.1, 0.15) is 63.0 Å². The van der Waals surface area contributed by atoms with Gasteiger partial charge in [0.05, 0.1) is 6.61 Å². The average Bonchev–Trinajstić information content (AvgIpc) is 2.42. The van der Waals surface area contributed by atoms with Gasteiger partial charge in [-0.2, -0.15) is 0 Å². The minimum atomic E-state index is 0.123. The minimum absolute atomic E-state index is 0.123. The summed E-state index contributed by atoms with van der Waals surface area (Å²) in [6.07, 6.45) is 13.6. The van der Waals surface area contributed by atoms with Gasteiger partial charge in [-0.05, 0) is 24.0 Å². The van der Waals surface area contributed by atoms with E-state index in [2.05, 4.69) is 25.1 Å². The molecule has 0 aliphatic carbocycles. The van der Waals surface area contributed by atoms with Crippen LogP contribution < -0.4 is 0 Å². The molecule has 0 unspecified atom stereocenters. The first-order chi connectivity index (χ1) is 8.88. The van der Waals surface area contributed by atoms with Crippen molar-refractivity contribution < 1.29 is 5.11 Å². The average molecular weight is 246 g/mol. The Balaban J connectivity index is 2.20. The van der Waals surface area contributed by atoms with Gasteiger partial charge in [-0.15, -0.1) is 0 Å². The third-order valence-electron chi connectivity index (χ3n) is 3.25. The highest BCUT2D eigenvalue weighted by molar-refractivity contribution is 5.53. The van der Waals surface area contributed by atoms with Crippen molar-refractivity contribution in [1.29, 1.82) is 0 Å². The third-order valence-corrected chi connectivity index (χ3v) is 3.25. The summed E-state index contributed by atoms with van der Waals surface area (Å²) < 4.78 is 0. The highest BCUT2D eigenvalue weighted by atomic mass is 16.3. The van der Waals surface area contributed by atoms with Crippen molar-refractivity contribution in [2.45, 2.75) is 58.5 Å². The molecule has 0 aliphatic heterocycles. The van der Waals surface area contributed by atoms with E-state index < -0.39 is 0 Å². The number of rotatable bonds is 9. The van der Waals surface area contributed by atoms with Crippen molar-refractivity contribution in [2.75, 3.05) is 0 Å². The Labute approximate surface area is 112 Å². The smallest absolute Gasteiger partial charge is 0.0687 e. The molecule has 0 amide bonds. The van der Waals surface area contributed by atoms with Crippen molar-refractivity contribution >= 4 is 6.08 Å². The summed E-state index contributed by atoms with van der Waals surface area (Å²) in [4.78, 5) is 0. The summed E-state index contributed by atoms with van der Waals surface area (Å²) in [6.45, 7) is 2.37. The molecule has 1 heteroatoms. The second-order valence-corrected chi connectivity index (χ2v) is 4.82. The molecule has 1 aromatic rings. The van der Waals surface area contributed by atoms with Gasteiger partial charge in [-0.25, -0.2) is 0 Å². The molecule has 0 heterocycles. The van der Waals surface area contributed by atoms with Gasteiger partial charge in [0.1, 0.15) is 0 Å². The van der Waals surface area contributed by atoms with Gasteiger partial charge < -0.3 is 5.11 Å². The summed E-state index contributed by atoms with van der Waals surface area (Å²) in [5, 5.41) is 9.21. The zero-order chi connectivity index (χ0) is 13.1. The molecule has 0 atom stereocenters. The molecule has 0 saturated heterocycles. The monoisotopic (exact) mass is 246 g/mol. The van der Waals surface area contributed by atoms with E-state index in [4.69, 9.17) is 0 Å². The Morgan fingerprint density at radius 1 is 1.00 bits per heavy atom. The molecular weight excluding hydrogens is 220 g/mol. The topological polar surface area (TPSA) is 20.2 Å². The molecular formula is C17H26O. The van der Waals surface area contributed by atoms with Crippen LogP contribution in [-0.2, 0) is 6.61 Å². The number of aliphatic hydroxyl groups is 1. The molecule has 1 rings (SSSR count). The highest BCUT2D eigenvalue weighted by Crippen LogP contribution is 2.12. The number of hydrogen-bond acceptors (Lipinski definition) is 1. The first-order valence-corrected chi connectivity index (χ1v) is 7.23. The molecule has 0 aromatic heterocycles. The maximum absolute atomic E-state index is 9.21. The lowest BCUT2D eigenvalue weighted by Gasteiger charge is -2.01. The highest BCUT2D eigenvalue weighted by Gasteiger charge is 1.95. The SMILES string of the molecule is CCCCCCCC/C=C/c1ccccc1CO. The van der Waals surface area contributed by atoms with E-state index in [0.717, 1.165) is 17.5 Å². The quantitative estimate of drug-likeness (QED) is 0.612. The Morgan fingerprint density at radius 3 is 2.50 bits per heavy atom. The fourth-order valence-electron chi connectivity index (χ4n) is 2.09. The Hall–Kier alpha value is -1.08. The molecule has 18 heavy (non-hydrogen) atoms. The van der Waals surface area contributed by atoms with Gasteiger partial charge in [0, 0.05) is 0 Å². The van der Waals surface area contributed by atoms with Crippen LogP contribution in [0.4, 0.5) is 0 Å². The number of benzene rings is 1. The van der Waals surface area contributed by atoms with Crippen LogP contribution in [0.15, 0.2) is 30.3 Å². The van der Waals surface area contributed by atoms with Crippen molar-refractivity contribution in [3.8, 4) is 0 Å². The molecule has 0 radical (unpaired) electrons. The molecule has 0 fully saturated rings. The van der Waals surface area contributed by atoms with E-state index >= 15 is 0 Å². The summed E-state index contributed by atoms with van der Waals surface area (Å²) in [6, 6.07) is 8.02. The predicted molar refractivity (Wildman–Crippen MR) is 79.4 cm³/mol. The van der Waals surface area contributed by atoms with Crippen LogP contribution in [0.25, 0.3) is 6.08 Å². The van der Waals surface area contributed by atoms with Crippen molar-refractivity contribution in [3.05, 3.63) is 41.5 Å². The van der Waals surface area contributed by atoms with Gasteiger partial charge in [0.15, 0.2) is 0 Å². The fraction of sp³-hybridized carbons (Fsp3) is 0.529. The van der Waals surface area contributed by atoms with Crippen molar-refractivity contribution in [3.63, 3.8) is 0 Å². The Bertz CT molecular complexity index is 341. The van der Waals surface area contributed by atoms with Crippen molar-refractivity contribution in [1.82, 2.24) is 0 Å². The maximum Gasteiger partial charge on any atom is 0.0687 e. The van der Waals surface area contributed by atoms with E-state index in [1.54, 1.807) is 0 Å². The molecule has 1 nitrogen and oxygen atoms in total. The van der Waals surface area contributed by atoms with E-state index in [1.165, 1.54) is 38.5 Å². The lowest BCUT2D eigenvalue weighted by Crippen LogP contribution is -1.86. The Kier molecular flexibility index (Phi) is 8.24. The first-order valence-electron chi connectivity index (χ1n) is 7.23. The van der Waals surface area contributed by atoms with Crippen LogP contribution in [0, 0.1) is 0 Å². The number of allylic oxidation sites excluding steroid dienone is 1. The van der Waals surface area contributed by atoms with Gasteiger partial charge in [0.2, 0.25) is 0 Å². The summed E-state index contributed by atoms with van der Waals surface area (Å²) in [5.41, 5.74) is 2.16. The molecule has 1 aromatic carbocycles. The number of unbranched alkanes of at least 4 members (excludes halogenated alkanes) is 6. The van der Waals surface area contributed by atoms with Gasteiger partial charge in [-0.3, -0.25) is 0 Å². The lowest BCUT2D eigenvalue weighted by atomic mass is 10.1. The fourth-order valence-corrected chi connectivity index (χ4v) is 2.09. The van der Waals surface area contributed by atoms with Crippen LogP contribution >= 0.6 is 0 Å². The zero-order valence-corrected chi connectivity index (χ0v) is 11.6. The summed E-state index contributed by atoms with van der Waals surface area (Å²) in [7, 11) is 0. The van der Waals surface area contributed by atoms with Crippen LogP contribution in [0.2, 0.25) is 0 Å². The van der Waals surface area contributed by atoms with Crippen LogP contribution in [0.5, 0.6) is 0 Å². The lowest BCUT2D eigenvalue weighted by molar-refractivity contribution is 0.281. The van der Waals surface area contributed by atoms with Gasteiger partial charge in [0.25, 0.3) is 0 Å². The first kappa shape index (κ1) is 15.0. The summed E-state index contributed by atoms with van der Waals surface area (Å²) >= 11 is 0. The van der Waals surface area contributed by atoms with E-state index in [9.17, 15) is 5.11 Å². The molecule has 0 aliphatic rings. The molecule has 0 spiro atoms. The molecule has 0 saturated carbocycles. The standard InChI is InChI=1S/C17H26O/c1-2-3-4-5-6-7-8-9-12-16-13-10-11-14-17(16)15-18/h9-14,18H,2-8,15H2,1H3/b12-9+. The third kappa shape index (κ3) is 6.02. The maximum atomic E-state index is 9.21.